The molecule has 0 aliphatic carbocycles. The van der Waals surface area contributed by atoms with E-state index in [1.165, 1.54) is 11.8 Å². The number of hydrogen-bond acceptors (Lipinski definition) is 4. The van der Waals surface area contributed by atoms with Crippen LogP contribution in [-0.4, -0.2) is 27.0 Å². The second-order valence-electron chi connectivity index (χ2n) is 8.65. The molecule has 0 aliphatic rings. The van der Waals surface area contributed by atoms with E-state index < -0.39 is 10.7 Å². The van der Waals surface area contributed by atoms with Gasteiger partial charge in [-0.25, -0.2) is 4.98 Å². The van der Waals surface area contributed by atoms with Gasteiger partial charge in [-0.05, 0) is 37.1 Å². The zero-order valence-corrected chi connectivity index (χ0v) is 20.1. The Morgan fingerprint density at radius 1 is 0.853 bits per heavy atom. The third-order valence-corrected chi connectivity index (χ3v) is 7.14. The minimum Gasteiger partial charge on any atom is -0.352 e. The summed E-state index contributed by atoms with van der Waals surface area (Å²) in [6, 6.07) is 27.1. The Bertz CT molecular complexity index is 1220. The van der Waals surface area contributed by atoms with Gasteiger partial charge in [-0.1, -0.05) is 84.6 Å². The van der Waals surface area contributed by atoms with Crippen LogP contribution in [0.4, 0.5) is 0 Å². The lowest BCUT2D eigenvalue weighted by atomic mass is 9.87. The van der Waals surface area contributed by atoms with Crippen LogP contribution >= 0.6 is 11.8 Å². The number of para-hydroxylation sites is 2. The molecule has 0 aliphatic heterocycles. The number of thioether (sulfide) groups is 1. The number of aromatic amines is 1. The first kappa shape index (κ1) is 23.6. The zero-order valence-electron chi connectivity index (χ0n) is 19.2. The highest BCUT2D eigenvalue weighted by Gasteiger charge is 2.42. The van der Waals surface area contributed by atoms with Crippen molar-refractivity contribution in [2.45, 2.75) is 37.3 Å². The predicted molar refractivity (Wildman–Crippen MR) is 136 cm³/mol. The number of rotatable bonds is 9. The molecule has 0 saturated carbocycles. The van der Waals surface area contributed by atoms with Gasteiger partial charge in [-0.15, -0.1) is 0 Å². The quantitative estimate of drug-likeness (QED) is 0.309. The molecule has 4 rings (SSSR count). The normalized spacial score (nSPS) is 12.3. The molecule has 0 spiro atoms. The van der Waals surface area contributed by atoms with Gasteiger partial charge in [0.15, 0.2) is 5.16 Å². The standard InChI is InChI=1S/C27H28N4O2S/c1-27(2,25(33)29-18-20-13-7-4-8-14-20)23(24(32)28-17-19-11-5-3-6-12-19)34-26-30-21-15-9-10-16-22(21)31-26/h3-16,23H,17-18H2,1-2H3,(H,28,32)(H,29,33)(H,30,31). The van der Waals surface area contributed by atoms with Gasteiger partial charge in [0.1, 0.15) is 5.25 Å². The molecule has 4 aromatic rings. The molecule has 6 nitrogen and oxygen atoms in total. The van der Waals surface area contributed by atoms with Crippen molar-refractivity contribution in [2.75, 3.05) is 0 Å². The number of carbonyl (C=O) groups is 2. The Morgan fingerprint density at radius 3 is 2.03 bits per heavy atom. The number of amides is 2. The molecule has 1 atom stereocenters. The van der Waals surface area contributed by atoms with E-state index in [9.17, 15) is 9.59 Å². The number of nitrogens with zero attached hydrogens (tertiary/aromatic N) is 1. The Hall–Kier alpha value is -3.58. The highest BCUT2D eigenvalue weighted by Crippen LogP contribution is 2.36. The molecule has 2 amide bonds. The van der Waals surface area contributed by atoms with Crippen LogP contribution in [0.15, 0.2) is 90.1 Å². The van der Waals surface area contributed by atoms with Gasteiger partial charge < -0.3 is 15.6 Å². The van der Waals surface area contributed by atoms with Crippen molar-refractivity contribution in [1.82, 2.24) is 20.6 Å². The zero-order chi connectivity index (χ0) is 24.0. The molecular formula is C27H28N4O2S. The number of H-pyrrole nitrogens is 1. The summed E-state index contributed by atoms with van der Waals surface area (Å²) in [7, 11) is 0. The first-order valence-electron chi connectivity index (χ1n) is 11.2. The van der Waals surface area contributed by atoms with Crippen molar-refractivity contribution in [2.24, 2.45) is 5.41 Å². The minimum atomic E-state index is -1.00. The van der Waals surface area contributed by atoms with E-state index in [2.05, 4.69) is 20.6 Å². The summed E-state index contributed by atoms with van der Waals surface area (Å²) >= 11 is 1.28. The van der Waals surface area contributed by atoms with E-state index in [4.69, 9.17) is 0 Å². The Morgan fingerprint density at radius 2 is 1.41 bits per heavy atom. The van der Waals surface area contributed by atoms with Crippen molar-refractivity contribution >= 4 is 34.6 Å². The Labute approximate surface area is 203 Å². The third kappa shape index (κ3) is 5.66. The number of fused-ring (bicyclic) bond motifs is 1. The smallest absolute Gasteiger partial charge is 0.234 e. The molecule has 34 heavy (non-hydrogen) atoms. The molecule has 3 N–H and O–H groups in total. The largest absolute Gasteiger partial charge is 0.352 e. The molecule has 0 bridgehead atoms. The average Bonchev–Trinajstić information content (AvgIpc) is 3.28. The van der Waals surface area contributed by atoms with Gasteiger partial charge in [0.25, 0.3) is 0 Å². The molecule has 1 heterocycles. The van der Waals surface area contributed by atoms with Gasteiger partial charge in [0.2, 0.25) is 11.8 Å². The maximum Gasteiger partial charge on any atom is 0.234 e. The van der Waals surface area contributed by atoms with E-state index in [0.717, 1.165) is 22.2 Å². The fraction of sp³-hybridized carbons (Fsp3) is 0.222. The van der Waals surface area contributed by atoms with Crippen LogP contribution in [0.3, 0.4) is 0 Å². The van der Waals surface area contributed by atoms with Crippen LogP contribution in [0.2, 0.25) is 0 Å². The van der Waals surface area contributed by atoms with Gasteiger partial charge in [-0.3, -0.25) is 9.59 Å². The monoisotopic (exact) mass is 472 g/mol. The number of nitrogens with one attached hydrogen (secondary N) is 3. The number of hydrogen-bond donors (Lipinski definition) is 3. The summed E-state index contributed by atoms with van der Waals surface area (Å²) in [4.78, 5) is 34.6. The van der Waals surface area contributed by atoms with Crippen LogP contribution in [-0.2, 0) is 22.7 Å². The number of benzene rings is 3. The number of aromatic nitrogens is 2. The predicted octanol–water partition coefficient (Wildman–Crippen LogP) is 4.68. The summed E-state index contributed by atoms with van der Waals surface area (Å²) in [5, 5.41) is 5.90. The minimum absolute atomic E-state index is 0.195. The first-order valence-corrected chi connectivity index (χ1v) is 12.1. The Kier molecular flexibility index (Phi) is 7.33. The lowest BCUT2D eigenvalue weighted by Gasteiger charge is -2.31. The average molecular weight is 473 g/mol. The summed E-state index contributed by atoms with van der Waals surface area (Å²) in [5.41, 5.74) is 2.70. The molecule has 1 unspecified atom stereocenters. The SMILES string of the molecule is CC(C)(C(=O)NCc1ccccc1)C(Sc1nc2ccccc2[nH]1)C(=O)NCc1ccccc1. The highest BCUT2D eigenvalue weighted by molar-refractivity contribution is 8.00. The van der Waals surface area contributed by atoms with Crippen molar-refractivity contribution < 1.29 is 9.59 Å². The van der Waals surface area contributed by atoms with Gasteiger partial charge >= 0.3 is 0 Å². The lowest BCUT2D eigenvalue weighted by molar-refractivity contribution is -0.134. The van der Waals surface area contributed by atoms with Crippen LogP contribution < -0.4 is 10.6 Å². The van der Waals surface area contributed by atoms with Gasteiger partial charge in [-0.2, -0.15) is 0 Å². The van der Waals surface area contributed by atoms with Gasteiger partial charge in [0, 0.05) is 13.1 Å². The molecule has 0 fully saturated rings. The molecule has 0 saturated heterocycles. The van der Waals surface area contributed by atoms with E-state index in [-0.39, 0.29) is 11.8 Å². The maximum absolute atomic E-state index is 13.4. The summed E-state index contributed by atoms with van der Waals surface area (Å²) < 4.78 is 0. The van der Waals surface area contributed by atoms with E-state index >= 15 is 0 Å². The van der Waals surface area contributed by atoms with E-state index in [1.807, 2.05) is 84.9 Å². The number of carbonyl (C=O) groups excluding carboxylic acids is 2. The molecule has 174 valence electrons. The van der Waals surface area contributed by atoms with Crippen LogP contribution in [0, 0.1) is 5.41 Å². The fourth-order valence-corrected chi connectivity index (χ4v) is 4.76. The maximum atomic E-state index is 13.4. The molecule has 1 aromatic heterocycles. The van der Waals surface area contributed by atoms with Crippen LogP contribution in [0.25, 0.3) is 11.0 Å². The topological polar surface area (TPSA) is 86.9 Å². The van der Waals surface area contributed by atoms with Crippen molar-refractivity contribution in [3.05, 3.63) is 96.1 Å². The lowest BCUT2D eigenvalue weighted by Crippen LogP contribution is -2.49. The molecular weight excluding hydrogens is 444 g/mol. The molecule has 7 heteroatoms. The van der Waals surface area contributed by atoms with Crippen molar-refractivity contribution in [3.8, 4) is 0 Å². The Balaban J connectivity index is 1.54. The summed E-state index contributed by atoms with van der Waals surface area (Å²) in [5.74, 6) is -0.408. The van der Waals surface area contributed by atoms with Crippen molar-refractivity contribution in [3.63, 3.8) is 0 Å². The van der Waals surface area contributed by atoms with E-state index in [0.29, 0.717) is 18.2 Å². The van der Waals surface area contributed by atoms with Gasteiger partial charge in [0.05, 0.1) is 16.4 Å². The van der Waals surface area contributed by atoms with Crippen LogP contribution in [0.5, 0.6) is 0 Å². The molecule has 3 aromatic carbocycles. The second-order valence-corrected chi connectivity index (χ2v) is 9.74. The van der Waals surface area contributed by atoms with Crippen LogP contribution in [0.1, 0.15) is 25.0 Å². The molecule has 0 radical (unpaired) electrons. The van der Waals surface area contributed by atoms with E-state index in [1.54, 1.807) is 13.8 Å². The highest BCUT2D eigenvalue weighted by atomic mass is 32.2. The number of imidazole rings is 1. The fourth-order valence-electron chi connectivity index (χ4n) is 3.63. The summed E-state index contributed by atoms with van der Waals surface area (Å²) in [6.45, 7) is 4.39. The second kappa shape index (κ2) is 10.6. The first-order chi connectivity index (χ1) is 16.4. The van der Waals surface area contributed by atoms with Crippen molar-refractivity contribution in [1.29, 1.82) is 0 Å². The third-order valence-electron chi connectivity index (χ3n) is 5.68. The summed E-state index contributed by atoms with van der Waals surface area (Å²) in [6.07, 6.45) is 0.